The fraction of sp³-hybridized carbons (Fsp3) is 0.375. The number of benzene rings is 2. The summed E-state index contributed by atoms with van der Waals surface area (Å²) in [5.74, 6) is 1.67. The third kappa shape index (κ3) is 3.52. The van der Waals surface area contributed by atoms with Crippen LogP contribution in [0.1, 0.15) is 30.4 Å². The highest BCUT2D eigenvalue weighted by molar-refractivity contribution is 5.86. The number of likely N-dealkylation sites (N-methyl/N-ethyl adjacent to an activating group) is 1. The molecule has 0 spiro atoms. The molecule has 6 heteroatoms. The molecular weight excluding hydrogens is 378 g/mol. The second-order valence-electron chi connectivity index (χ2n) is 7.97. The highest BCUT2D eigenvalue weighted by atomic mass is 16.7. The number of nitrogens with one attached hydrogen (secondary N) is 1. The first-order valence-electron chi connectivity index (χ1n) is 10.7. The van der Waals surface area contributed by atoms with Crippen LogP contribution in [-0.4, -0.2) is 60.2 Å². The fourth-order valence-electron chi connectivity index (χ4n) is 4.54. The average Bonchev–Trinajstić information content (AvgIpc) is 3.44. The van der Waals surface area contributed by atoms with Gasteiger partial charge in [0.2, 0.25) is 12.7 Å². The summed E-state index contributed by atoms with van der Waals surface area (Å²) in [5, 5.41) is 1.16. The number of piperazine rings is 1. The lowest BCUT2D eigenvalue weighted by Crippen LogP contribution is -2.48. The number of fused-ring (bicyclic) bond motifs is 2. The number of hydrogen-bond donors (Lipinski definition) is 1. The second-order valence-corrected chi connectivity index (χ2v) is 7.97. The van der Waals surface area contributed by atoms with Crippen molar-refractivity contribution < 1.29 is 14.3 Å². The molecule has 1 amide bonds. The normalized spacial score (nSPS) is 17.4. The molecule has 2 aliphatic rings. The van der Waals surface area contributed by atoms with E-state index in [9.17, 15) is 4.79 Å². The molecule has 30 heavy (non-hydrogen) atoms. The number of amides is 1. The van der Waals surface area contributed by atoms with Gasteiger partial charge in [-0.25, -0.2) is 0 Å². The summed E-state index contributed by atoms with van der Waals surface area (Å²) in [6, 6.07) is 14.3. The van der Waals surface area contributed by atoms with Crippen LogP contribution >= 0.6 is 0 Å². The minimum Gasteiger partial charge on any atom is -0.454 e. The molecule has 1 aromatic heterocycles. The molecule has 0 radical (unpaired) electrons. The molecular formula is C24H27N3O3. The number of hydrogen-bond acceptors (Lipinski definition) is 4. The van der Waals surface area contributed by atoms with E-state index in [1.54, 1.807) is 0 Å². The van der Waals surface area contributed by atoms with Gasteiger partial charge in [0.15, 0.2) is 11.5 Å². The summed E-state index contributed by atoms with van der Waals surface area (Å²) < 4.78 is 11.1. The molecule has 6 nitrogen and oxygen atoms in total. The average molecular weight is 405 g/mol. The predicted molar refractivity (Wildman–Crippen MR) is 116 cm³/mol. The van der Waals surface area contributed by atoms with Crippen LogP contribution in [0.5, 0.6) is 11.5 Å². The van der Waals surface area contributed by atoms with Crippen LogP contribution in [0.3, 0.4) is 0 Å². The van der Waals surface area contributed by atoms with Crippen LogP contribution in [0.15, 0.2) is 48.7 Å². The molecule has 0 bridgehead atoms. The van der Waals surface area contributed by atoms with Crippen molar-refractivity contribution in [3.63, 3.8) is 0 Å². The Morgan fingerprint density at radius 1 is 1.07 bits per heavy atom. The molecule has 1 N–H and O–H groups in total. The number of nitrogens with zero attached hydrogens (tertiary/aromatic N) is 2. The quantitative estimate of drug-likeness (QED) is 0.705. The highest BCUT2D eigenvalue weighted by Gasteiger charge is 2.27. The van der Waals surface area contributed by atoms with Gasteiger partial charge < -0.3 is 24.3 Å². The second kappa shape index (κ2) is 8.03. The standard InChI is InChI=1S/C24H27N3O3/c1-2-26-9-11-27(12-10-26)24(28)14-19(17-7-8-22-23(13-17)30-16-29-22)20-15-25-21-6-4-3-5-18(20)21/h3-8,13,15,19,25H,2,9-12,14,16H2,1H3/t19-/m0/s1. The lowest BCUT2D eigenvalue weighted by atomic mass is 9.87. The van der Waals surface area contributed by atoms with Gasteiger partial charge in [-0.05, 0) is 35.9 Å². The molecule has 3 aromatic rings. The molecule has 0 aliphatic carbocycles. The van der Waals surface area contributed by atoms with Crippen LogP contribution < -0.4 is 9.47 Å². The minimum absolute atomic E-state index is 0.0487. The monoisotopic (exact) mass is 405 g/mol. The van der Waals surface area contributed by atoms with E-state index >= 15 is 0 Å². The van der Waals surface area contributed by atoms with E-state index in [4.69, 9.17) is 9.47 Å². The van der Waals surface area contributed by atoms with Gasteiger partial charge in [-0.15, -0.1) is 0 Å². The van der Waals surface area contributed by atoms with Crippen LogP contribution in [0, 0.1) is 0 Å². The van der Waals surface area contributed by atoms with Crippen LogP contribution in [0.25, 0.3) is 10.9 Å². The summed E-state index contributed by atoms with van der Waals surface area (Å²) in [6.45, 7) is 6.95. The third-order valence-corrected chi connectivity index (χ3v) is 6.35. The zero-order chi connectivity index (χ0) is 20.5. The van der Waals surface area contributed by atoms with E-state index in [1.165, 1.54) is 0 Å². The maximum atomic E-state index is 13.3. The summed E-state index contributed by atoms with van der Waals surface area (Å²) >= 11 is 0. The SMILES string of the molecule is CCN1CCN(C(=O)C[C@@H](c2ccc3c(c2)OCO3)c2c[nH]c3ccccc23)CC1. The van der Waals surface area contributed by atoms with Crippen molar-refractivity contribution in [3.05, 3.63) is 59.8 Å². The number of aromatic nitrogens is 1. The number of carbonyl (C=O) groups excluding carboxylic acids is 1. The van der Waals surface area contributed by atoms with Crippen molar-refractivity contribution in [2.75, 3.05) is 39.5 Å². The van der Waals surface area contributed by atoms with Crippen molar-refractivity contribution in [2.45, 2.75) is 19.3 Å². The third-order valence-electron chi connectivity index (χ3n) is 6.35. The minimum atomic E-state index is -0.0487. The highest BCUT2D eigenvalue weighted by Crippen LogP contribution is 2.39. The summed E-state index contributed by atoms with van der Waals surface area (Å²) in [5.41, 5.74) is 3.30. The summed E-state index contributed by atoms with van der Waals surface area (Å²) in [6.07, 6.45) is 2.48. The first-order chi connectivity index (χ1) is 14.7. The first-order valence-corrected chi connectivity index (χ1v) is 10.7. The Morgan fingerprint density at radius 3 is 2.70 bits per heavy atom. The lowest BCUT2D eigenvalue weighted by molar-refractivity contribution is -0.133. The van der Waals surface area contributed by atoms with Gasteiger partial charge in [-0.3, -0.25) is 4.79 Å². The molecule has 0 saturated carbocycles. The van der Waals surface area contributed by atoms with E-state index in [0.717, 1.165) is 66.3 Å². The zero-order valence-electron chi connectivity index (χ0n) is 17.3. The van der Waals surface area contributed by atoms with E-state index in [0.29, 0.717) is 6.42 Å². The molecule has 2 aromatic carbocycles. The molecule has 1 saturated heterocycles. The zero-order valence-corrected chi connectivity index (χ0v) is 17.3. The van der Waals surface area contributed by atoms with Crippen molar-refractivity contribution in [2.24, 2.45) is 0 Å². The van der Waals surface area contributed by atoms with Crippen molar-refractivity contribution in [3.8, 4) is 11.5 Å². The lowest BCUT2D eigenvalue weighted by Gasteiger charge is -2.34. The largest absolute Gasteiger partial charge is 0.454 e. The fourth-order valence-corrected chi connectivity index (χ4v) is 4.54. The van der Waals surface area contributed by atoms with E-state index < -0.39 is 0 Å². The molecule has 156 valence electrons. The van der Waals surface area contributed by atoms with Crippen molar-refractivity contribution in [1.82, 2.24) is 14.8 Å². The molecule has 2 aliphatic heterocycles. The first kappa shape index (κ1) is 19.0. The molecule has 1 fully saturated rings. The van der Waals surface area contributed by atoms with Gasteiger partial charge in [0.1, 0.15) is 0 Å². The Bertz CT molecular complexity index is 1050. The van der Waals surface area contributed by atoms with Gasteiger partial charge in [0, 0.05) is 55.6 Å². The molecule has 1 atom stereocenters. The smallest absolute Gasteiger partial charge is 0.231 e. The van der Waals surface area contributed by atoms with Crippen LogP contribution in [-0.2, 0) is 4.79 Å². The molecule has 3 heterocycles. The molecule has 0 unspecified atom stereocenters. The Hall–Kier alpha value is -2.99. The number of carbonyl (C=O) groups is 1. The number of H-pyrrole nitrogens is 1. The Morgan fingerprint density at radius 2 is 1.87 bits per heavy atom. The van der Waals surface area contributed by atoms with Gasteiger partial charge in [-0.2, -0.15) is 0 Å². The van der Waals surface area contributed by atoms with Crippen molar-refractivity contribution >= 4 is 16.8 Å². The number of para-hydroxylation sites is 1. The summed E-state index contributed by atoms with van der Waals surface area (Å²) in [4.78, 5) is 21.1. The Labute approximate surface area is 176 Å². The predicted octanol–water partition coefficient (Wildman–Crippen LogP) is 3.58. The van der Waals surface area contributed by atoms with Gasteiger partial charge in [0.05, 0.1) is 0 Å². The topological polar surface area (TPSA) is 57.8 Å². The Balaban J connectivity index is 1.46. The van der Waals surface area contributed by atoms with E-state index in [2.05, 4.69) is 35.0 Å². The van der Waals surface area contributed by atoms with Gasteiger partial charge in [-0.1, -0.05) is 31.2 Å². The van der Waals surface area contributed by atoms with Crippen LogP contribution in [0.2, 0.25) is 0 Å². The number of rotatable bonds is 5. The summed E-state index contributed by atoms with van der Waals surface area (Å²) in [7, 11) is 0. The van der Waals surface area contributed by atoms with Gasteiger partial charge in [0.25, 0.3) is 0 Å². The van der Waals surface area contributed by atoms with Crippen molar-refractivity contribution in [1.29, 1.82) is 0 Å². The van der Waals surface area contributed by atoms with Crippen LogP contribution in [0.4, 0.5) is 0 Å². The maximum Gasteiger partial charge on any atom is 0.231 e. The Kier molecular flexibility index (Phi) is 5.09. The van der Waals surface area contributed by atoms with E-state index in [1.807, 2.05) is 35.4 Å². The van der Waals surface area contributed by atoms with E-state index in [-0.39, 0.29) is 18.6 Å². The molecule has 5 rings (SSSR count). The number of aromatic amines is 1. The van der Waals surface area contributed by atoms with Gasteiger partial charge >= 0.3 is 0 Å². The maximum absolute atomic E-state index is 13.3. The number of ether oxygens (including phenoxy) is 2.